The number of aromatic nitrogens is 5. The monoisotopic (exact) mass is 280 g/mol. The van der Waals surface area contributed by atoms with Crippen LogP contribution in [0, 0.1) is 0 Å². The minimum Gasteiger partial charge on any atom is -0.346 e. The lowest BCUT2D eigenvalue weighted by Crippen LogP contribution is -2.43. The van der Waals surface area contributed by atoms with Gasteiger partial charge in [0.25, 0.3) is 0 Å². The molecular weight excluding hydrogens is 264 g/mol. The number of hydrogen-bond acceptors (Lipinski definition) is 4. The normalized spacial score (nSPS) is 16.8. The minimum atomic E-state index is 0.0181. The van der Waals surface area contributed by atoms with E-state index in [0.717, 1.165) is 41.7 Å². The lowest BCUT2D eigenvalue weighted by atomic mass is 9.77. The Morgan fingerprint density at radius 1 is 1.38 bits per heavy atom. The van der Waals surface area contributed by atoms with Gasteiger partial charge in [-0.3, -0.25) is 9.67 Å². The molecule has 0 atom stereocenters. The Bertz CT molecular complexity index is 795. The highest BCUT2D eigenvalue weighted by Gasteiger charge is 2.39. The van der Waals surface area contributed by atoms with E-state index >= 15 is 0 Å². The van der Waals surface area contributed by atoms with Gasteiger partial charge in [0.15, 0.2) is 0 Å². The fourth-order valence-electron chi connectivity index (χ4n) is 3.06. The lowest BCUT2D eigenvalue weighted by molar-refractivity contribution is 0.136. The van der Waals surface area contributed by atoms with Crippen molar-refractivity contribution < 1.29 is 0 Å². The maximum absolute atomic E-state index is 4.55. The first-order valence-electron chi connectivity index (χ1n) is 7.08. The second-order valence-corrected chi connectivity index (χ2v) is 5.60. The molecule has 1 aliphatic carbocycles. The molecule has 0 radical (unpaired) electrons. The summed E-state index contributed by atoms with van der Waals surface area (Å²) >= 11 is 0. The Balaban J connectivity index is 1.78. The van der Waals surface area contributed by atoms with Crippen LogP contribution in [0.2, 0.25) is 0 Å². The zero-order valence-corrected chi connectivity index (χ0v) is 11.7. The number of rotatable bonds is 4. The number of aromatic amines is 1. The zero-order chi connectivity index (χ0) is 14.3. The number of H-pyrrole nitrogens is 1. The molecule has 0 bridgehead atoms. The second-order valence-electron chi connectivity index (χ2n) is 5.60. The first-order valence-corrected chi connectivity index (χ1v) is 7.08. The maximum atomic E-state index is 4.55. The first-order chi connectivity index (χ1) is 10.3. The standard InChI is InChI=1S/C15H16N6/c1-16-9-15(4-2-5-15)21-8-11(7-20-21)13-12-3-6-17-14(12)19-10-18-13/h3,6-8,10H,1-2,4-5,9H2,(H,17,18,19). The molecule has 1 N–H and O–H groups in total. The fourth-order valence-corrected chi connectivity index (χ4v) is 3.06. The van der Waals surface area contributed by atoms with Gasteiger partial charge in [-0.2, -0.15) is 5.10 Å². The van der Waals surface area contributed by atoms with Gasteiger partial charge in [0.2, 0.25) is 0 Å². The number of nitrogens with one attached hydrogen (secondary N) is 1. The third kappa shape index (κ3) is 1.79. The quantitative estimate of drug-likeness (QED) is 0.746. The predicted molar refractivity (Wildman–Crippen MR) is 81.4 cm³/mol. The summed E-state index contributed by atoms with van der Waals surface area (Å²) in [5.41, 5.74) is 2.79. The Hall–Kier alpha value is -2.50. The molecule has 3 aromatic heterocycles. The van der Waals surface area contributed by atoms with Crippen molar-refractivity contribution in [2.24, 2.45) is 4.99 Å². The van der Waals surface area contributed by atoms with Crippen LogP contribution in [0.5, 0.6) is 0 Å². The average Bonchev–Trinajstić information content (AvgIpc) is 3.11. The Morgan fingerprint density at radius 3 is 3.05 bits per heavy atom. The molecule has 106 valence electrons. The van der Waals surface area contributed by atoms with Crippen molar-refractivity contribution in [3.8, 4) is 11.3 Å². The molecule has 0 aromatic carbocycles. The fraction of sp³-hybridized carbons (Fsp3) is 0.333. The summed E-state index contributed by atoms with van der Waals surface area (Å²) in [7, 11) is 0. The van der Waals surface area contributed by atoms with E-state index in [1.807, 2.05) is 23.1 Å². The van der Waals surface area contributed by atoms with E-state index in [2.05, 4.69) is 38.0 Å². The van der Waals surface area contributed by atoms with Crippen molar-refractivity contribution in [3.05, 3.63) is 31.0 Å². The smallest absolute Gasteiger partial charge is 0.141 e. The van der Waals surface area contributed by atoms with Crippen LogP contribution < -0.4 is 0 Å². The molecule has 0 aliphatic heterocycles. The summed E-state index contributed by atoms with van der Waals surface area (Å²) in [6, 6.07) is 1.99. The highest BCUT2D eigenvalue weighted by Crippen LogP contribution is 2.39. The van der Waals surface area contributed by atoms with Crippen LogP contribution in [0.1, 0.15) is 19.3 Å². The third-order valence-electron chi connectivity index (χ3n) is 4.39. The van der Waals surface area contributed by atoms with Gasteiger partial charge in [0.05, 0.1) is 24.0 Å². The number of nitrogens with zero attached hydrogens (tertiary/aromatic N) is 5. The third-order valence-corrected chi connectivity index (χ3v) is 4.39. The summed E-state index contributed by atoms with van der Waals surface area (Å²) in [6.45, 7) is 4.36. The van der Waals surface area contributed by atoms with Crippen LogP contribution in [0.15, 0.2) is 36.0 Å². The van der Waals surface area contributed by atoms with Gasteiger partial charge in [-0.25, -0.2) is 9.97 Å². The Morgan fingerprint density at radius 2 is 2.29 bits per heavy atom. The second kappa shape index (κ2) is 4.51. The van der Waals surface area contributed by atoms with Gasteiger partial charge in [-0.1, -0.05) is 0 Å². The largest absolute Gasteiger partial charge is 0.346 e. The van der Waals surface area contributed by atoms with Crippen molar-refractivity contribution in [2.75, 3.05) is 6.54 Å². The molecule has 1 saturated carbocycles. The van der Waals surface area contributed by atoms with Crippen LogP contribution in [0.3, 0.4) is 0 Å². The topological polar surface area (TPSA) is 71.8 Å². The van der Waals surface area contributed by atoms with Crippen LogP contribution in [-0.4, -0.2) is 38.0 Å². The molecule has 6 heteroatoms. The predicted octanol–water partition coefficient (Wildman–Crippen LogP) is 2.40. The maximum Gasteiger partial charge on any atom is 0.141 e. The molecule has 1 fully saturated rings. The number of hydrogen-bond donors (Lipinski definition) is 1. The summed E-state index contributed by atoms with van der Waals surface area (Å²) in [6.07, 6.45) is 10.8. The van der Waals surface area contributed by atoms with E-state index in [0.29, 0.717) is 0 Å². The summed E-state index contributed by atoms with van der Waals surface area (Å²) in [5, 5.41) is 5.57. The van der Waals surface area contributed by atoms with Crippen molar-refractivity contribution >= 4 is 17.8 Å². The van der Waals surface area contributed by atoms with E-state index < -0.39 is 0 Å². The molecule has 0 spiro atoms. The van der Waals surface area contributed by atoms with Gasteiger partial charge in [0.1, 0.15) is 12.0 Å². The SMILES string of the molecule is C=NCC1(n2cc(-c3ncnc4[nH]ccc34)cn2)CCC1. The van der Waals surface area contributed by atoms with Crippen LogP contribution >= 0.6 is 0 Å². The number of fused-ring (bicyclic) bond motifs is 1. The van der Waals surface area contributed by atoms with Crippen LogP contribution in [-0.2, 0) is 5.54 Å². The lowest BCUT2D eigenvalue weighted by Gasteiger charge is -2.40. The van der Waals surface area contributed by atoms with Crippen molar-refractivity contribution in [2.45, 2.75) is 24.8 Å². The van der Waals surface area contributed by atoms with E-state index in [1.165, 1.54) is 6.42 Å². The molecule has 3 aromatic rings. The molecule has 6 nitrogen and oxygen atoms in total. The van der Waals surface area contributed by atoms with Crippen molar-refractivity contribution in [3.63, 3.8) is 0 Å². The van der Waals surface area contributed by atoms with Gasteiger partial charge in [-0.05, 0) is 32.0 Å². The zero-order valence-electron chi connectivity index (χ0n) is 11.7. The first kappa shape index (κ1) is 12.3. The molecule has 1 aliphatic rings. The summed E-state index contributed by atoms with van der Waals surface area (Å²) in [4.78, 5) is 15.8. The van der Waals surface area contributed by atoms with E-state index in [4.69, 9.17) is 0 Å². The summed E-state index contributed by atoms with van der Waals surface area (Å²) < 4.78 is 2.04. The Kier molecular flexibility index (Phi) is 2.63. The van der Waals surface area contributed by atoms with Gasteiger partial charge >= 0.3 is 0 Å². The van der Waals surface area contributed by atoms with E-state index in [1.54, 1.807) is 6.33 Å². The molecule has 4 rings (SSSR count). The van der Waals surface area contributed by atoms with E-state index in [9.17, 15) is 0 Å². The van der Waals surface area contributed by atoms with Crippen molar-refractivity contribution in [1.82, 2.24) is 24.7 Å². The van der Waals surface area contributed by atoms with E-state index in [-0.39, 0.29) is 5.54 Å². The summed E-state index contributed by atoms with van der Waals surface area (Å²) in [5.74, 6) is 0. The molecule has 21 heavy (non-hydrogen) atoms. The molecule has 0 saturated heterocycles. The van der Waals surface area contributed by atoms with Crippen molar-refractivity contribution in [1.29, 1.82) is 0 Å². The molecule has 3 heterocycles. The molecule has 0 amide bonds. The Labute approximate surface area is 122 Å². The van der Waals surface area contributed by atoms with Crippen LogP contribution in [0.4, 0.5) is 0 Å². The van der Waals surface area contributed by atoms with Gasteiger partial charge in [0, 0.05) is 23.3 Å². The van der Waals surface area contributed by atoms with Gasteiger partial charge in [-0.15, -0.1) is 0 Å². The van der Waals surface area contributed by atoms with Crippen LogP contribution in [0.25, 0.3) is 22.3 Å². The van der Waals surface area contributed by atoms with Gasteiger partial charge < -0.3 is 4.98 Å². The highest BCUT2D eigenvalue weighted by atomic mass is 15.3. The average molecular weight is 280 g/mol. The molecule has 0 unspecified atom stereocenters. The minimum absolute atomic E-state index is 0.0181. The number of aliphatic imine (C=N–C) groups is 1. The highest BCUT2D eigenvalue weighted by molar-refractivity contribution is 5.89. The molecular formula is C15H16N6.